The summed E-state index contributed by atoms with van der Waals surface area (Å²) >= 11 is 1.12. The van der Waals surface area contributed by atoms with E-state index in [1.165, 1.54) is 25.3 Å². The molecule has 0 atom stereocenters. The summed E-state index contributed by atoms with van der Waals surface area (Å²) < 4.78 is 37.8. The first kappa shape index (κ1) is 23.3. The fourth-order valence-electron chi connectivity index (χ4n) is 2.82. The number of hydrogen-bond acceptors (Lipinski definition) is 7. The van der Waals surface area contributed by atoms with Crippen molar-refractivity contribution in [3.63, 3.8) is 0 Å². The number of sulfonamides is 1. The number of aryl methyl sites for hydroxylation is 1. The molecule has 2 N–H and O–H groups in total. The predicted octanol–water partition coefficient (Wildman–Crippen LogP) is 4.29. The molecule has 0 aliphatic heterocycles. The third kappa shape index (κ3) is 5.45. The van der Waals surface area contributed by atoms with Crippen LogP contribution < -0.4 is 14.8 Å². The first-order valence-electron chi connectivity index (χ1n) is 9.59. The summed E-state index contributed by atoms with van der Waals surface area (Å²) in [6.45, 7) is 3.74. The molecule has 0 bridgehead atoms. The lowest BCUT2D eigenvalue weighted by Crippen LogP contribution is -2.15. The van der Waals surface area contributed by atoms with Gasteiger partial charge in [-0.05, 0) is 67.9 Å². The highest BCUT2D eigenvalue weighted by Crippen LogP contribution is 2.28. The van der Waals surface area contributed by atoms with Crippen molar-refractivity contribution in [3.05, 3.63) is 70.6 Å². The van der Waals surface area contributed by atoms with Gasteiger partial charge in [-0.3, -0.25) is 9.52 Å². The van der Waals surface area contributed by atoms with Crippen molar-refractivity contribution in [1.82, 2.24) is 0 Å². The van der Waals surface area contributed by atoms with Crippen LogP contribution in [0.25, 0.3) is 0 Å². The minimum Gasteiger partial charge on any atom is -0.497 e. The van der Waals surface area contributed by atoms with E-state index in [-0.39, 0.29) is 22.8 Å². The zero-order valence-corrected chi connectivity index (χ0v) is 19.3. The Morgan fingerprint density at radius 2 is 1.78 bits per heavy atom. The zero-order valence-electron chi connectivity index (χ0n) is 17.7. The quantitative estimate of drug-likeness (QED) is 0.471. The molecular formula is C22H22N2O6S2. The summed E-state index contributed by atoms with van der Waals surface area (Å²) in [6, 6.07) is 13.8. The van der Waals surface area contributed by atoms with Gasteiger partial charge in [0.25, 0.3) is 15.9 Å². The van der Waals surface area contributed by atoms with E-state index in [1.54, 1.807) is 50.2 Å². The largest absolute Gasteiger partial charge is 0.497 e. The fraction of sp³-hybridized carbons (Fsp3) is 0.182. The molecule has 0 saturated heterocycles. The number of hydrogen-bond donors (Lipinski definition) is 2. The van der Waals surface area contributed by atoms with Crippen LogP contribution in [0.4, 0.5) is 10.7 Å². The molecule has 0 unspecified atom stereocenters. The highest BCUT2D eigenvalue weighted by atomic mass is 32.2. The van der Waals surface area contributed by atoms with E-state index in [0.29, 0.717) is 21.2 Å². The van der Waals surface area contributed by atoms with Crippen LogP contribution >= 0.6 is 11.3 Å². The summed E-state index contributed by atoms with van der Waals surface area (Å²) in [7, 11) is -2.35. The molecular weight excluding hydrogens is 452 g/mol. The van der Waals surface area contributed by atoms with Crippen LogP contribution in [-0.2, 0) is 14.8 Å². The molecule has 0 aliphatic carbocycles. The number of rotatable bonds is 8. The Morgan fingerprint density at radius 1 is 1.06 bits per heavy atom. The van der Waals surface area contributed by atoms with Gasteiger partial charge in [0, 0.05) is 11.3 Å². The highest BCUT2D eigenvalue weighted by Gasteiger charge is 2.18. The lowest BCUT2D eigenvalue weighted by atomic mass is 10.2. The smallest absolute Gasteiger partial charge is 0.348 e. The molecule has 0 aliphatic rings. The van der Waals surface area contributed by atoms with Gasteiger partial charge in [0.1, 0.15) is 10.6 Å². The van der Waals surface area contributed by atoms with E-state index in [1.807, 2.05) is 0 Å². The SMILES string of the molecule is CCOC(=O)c1sc(NC(=O)c2cccc(NS(=O)(=O)c3ccc(OC)cc3)c2)cc1C. The Balaban J connectivity index is 1.75. The van der Waals surface area contributed by atoms with E-state index in [9.17, 15) is 18.0 Å². The van der Waals surface area contributed by atoms with Gasteiger partial charge in [0.2, 0.25) is 0 Å². The second-order valence-corrected chi connectivity index (χ2v) is 9.39. The summed E-state index contributed by atoms with van der Waals surface area (Å²) in [4.78, 5) is 25.1. The number of ether oxygens (including phenoxy) is 2. The molecule has 10 heteroatoms. The average molecular weight is 475 g/mol. The Bertz CT molecular complexity index is 1230. The number of nitrogens with one attached hydrogen (secondary N) is 2. The fourth-order valence-corrected chi connectivity index (χ4v) is 4.83. The van der Waals surface area contributed by atoms with Gasteiger partial charge in [0.15, 0.2) is 0 Å². The zero-order chi connectivity index (χ0) is 23.3. The minimum absolute atomic E-state index is 0.0636. The van der Waals surface area contributed by atoms with Crippen molar-refractivity contribution in [3.8, 4) is 5.75 Å². The van der Waals surface area contributed by atoms with E-state index in [2.05, 4.69) is 10.0 Å². The summed E-state index contributed by atoms with van der Waals surface area (Å²) in [6.07, 6.45) is 0. The Labute approximate surface area is 190 Å². The Hall–Kier alpha value is -3.37. The standard InChI is InChI=1S/C22H22N2O6S2/c1-4-30-22(26)20-14(2)12-19(31-20)23-21(25)15-6-5-7-16(13-15)24-32(27,28)18-10-8-17(29-3)9-11-18/h5-13,24H,4H2,1-3H3,(H,23,25). The maximum absolute atomic E-state index is 12.7. The molecule has 3 aromatic rings. The predicted molar refractivity (Wildman–Crippen MR) is 123 cm³/mol. The summed E-state index contributed by atoms with van der Waals surface area (Å²) in [5.41, 5.74) is 1.19. The van der Waals surface area contributed by atoms with Crippen LogP contribution in [0.5, 0.6) is 5.75 Å². The van der Waals surface area contributed by atoms with Crippen LogP contribution in [0.2, 0.25) is 0 Å². The molecule has 2 aromatic carbocycles. The maximum Gasteiger partial charge on any atom is 0.348 e. The second-order valence-electron chi connectivity index (χ2n) is 6.66. The topological polar surface area (TPSA) is 111 Å². The number of benzene rings is 2. The van der Waals surface area contributed by atoms with Crippen molar-refractivity contribution in [2.24, 2.45) is 0 Å². The summed E-state index contributed by atoms with van der Waals surface area (Å²) in [5, 5.41) is 3.22. The van der Waals surface area contributed by atoms with Crippen molar-refractivity contribution in [1.29, 1.82) is 0 Å². The number of thiophene rings is 1. The van der Waals surface area contributed by atoms with Gasteiger partial charge in [-0.15, -0.1) is 11.3 Å². The molecule has 8 nitrogen and oxygen atoms in total. The van der Waals surface area contributed by atoms with E-state index >= 15 is 0 Å². The molecule has 0 saturated carbocycles. The minimum atomic E-state index is -3.84. The molecule has 0 radical (unpaired) electrons. The third-order valence-corrected chi connectivity index (χ3v) is 6.89. The Morgan fingerprint density at radius 3 is 2.44 bits per heavy atom. The van der Waals surface area contributed by atoms with Crippen LogP contribution in [0.1, 0.15) is 32.5 Å². The van der Waals surface area contributed by atoms with Gasteiger partial charge < -0.3 is 14.8 Å². The number of carbonyl (C=O) groups excluding carboxylic acids is 2. The monoisotopic (exact) mass is 474 g/mol. The first-order chi connectivity index (χ1) is 15.2. The number of amides is 1. The molecule has 1 amide bonds. The molecule has 168 valence electrons. The van der Waals surface area contributed by atoms with Crippen LogP contribution in [0.15, 0.2) is 59.5 Å². The summed E-state index contributed by atoms with van der Waals surface area (Å²) in [5.74, 6) is -0.338. The molecule has 0 spiro atoms. The van der Waals surface area contributed by atoms with Gasteiger partial charge in [-0.25, -0.2) is 13.2 Å². The molecule has 1 aromatic heterocycles. The van der Waals surface area contributed by atoms with Crippen LogP contribution in [-0.4, -0.2) is 34.0 Å². The van der Waals surface area contributed by atoms with E-state index in [4.69, 9.17) is 9.47 Å². The lowest BCUT2D eigenvalue weighted by molar-refractivity contribution is 0.0531. The molecule has 3 rings (SSSR count). The Kier molecular flexibility index (Phi) is 7.16. The third-order valence-electron chi connectivity index (χ3n) is 4.36. The van der Waals surface area contributed by atoms with Crippen LogP contribution in [0, 0.1) is 6.92 Å². The van der Waals surface area contributed by atoms with Crippen molar-refractivity contribution < 1.29 is 27.5 Å². The van der Waals surface area contributed by atoms with Crippen LogP contribution in [0.3, 0.4) is 0 Å². The molecule has 1 heterocycles. The number of carbonyl (C=O) groups is 2. The lowest BCUT2D eigenvalue weighted by Gasteiger charge is -2.10. The first-order valence-corrected chi connectivity index (χ1v) is 11.9. The number of esters is 1. The van der Waals surface area contributed by atoms with Gasteiger partial charge in [-0.2, -0.15) is 0 Å². The van der Waals surface area contributed by atoms with E-state index < -0.39 is 21.9 Å². The highest BCUT2D eigenvalue weighted by molar-refractivity contribution is 7.92. The van der Waals surface area contributed by atoms with Gasteiger partial charge in [-0.1, -0.05) is 6.07 Å². The van der Waals surface area contributed by atoms with Crippen molar-refractivity contribution in [2.75, 3.05) is 23.8 Å². The van der Waals surface area contributed by atoms with Crippen molar-refractivity contribution >= 4 is 43.9 Å². The number of anilines is 2. The van der Waals surface area contributed by atoms with Gasteiger partial charge in [0.05, 0.1) is 23.6 Å². The normalized spacial score (nSPS) is 11.0. The molecule has 0 fully saturated rings. The maximum atomic E-state index is 12.7. The van der Waals surface area contributed by atoms with Crippen molar-refractivity contribution in [2.45, 2.75) is 18.7 Å². The average Bonchev–Trinajstić information content (AvgIpc) is 3.13. The second kappa shape index (κ2) is 9.84. The molecule has 32 heavy (non-hydrogen) atoms. The van der Waals surface area contributed by atoms with E-state index in [0.717, 1.165) is 11.3 Å². The van der Waals surface area contributed by atoms with Gasteiger partial charge >= 0.3 is 5.97 Å². The number of methoxy groups -OCH3 is 1.